The molecule has 1 saturated heterocycles. The summed E-state index contributed by atoms with van der Waals surface area (Å²) in [4.78, 5) is 27.4. The predicted octanol–water partition coefficient (Wildman–Crippen LogP) is 7.35. The Bertz CT molecular complexity index is 1850. The van der Waals surface area contributed by atoms with Crippen LogP contribution in [0.4, 0.5) is 10.5 Å². The summed E-state index contributed by atoms with van der Waals surface area (Å²) >= 11 is 0. The van der Waals surface area contributed by atoms with Crippen molar-refractivity contribution in [3.05, 3.63) is 130 Å². The zero-order valence-electron chi connectivity index (χ0n) is 28.5. The number of nitrogens with zero attached hydrogens (tertiary/aromatic N) is 1. The molecule has 9 nitrogen and oxygen atoms in total. The quantitative estimate of drug-likeness (QED) is 0.0718. The second-order valence-electron chi connectivity index (χ2n) is 12.8. The summed E-state index contributed by atoms with van der Waals surface area (Å²) in [6, 6.07) is 32.3. The van der Waals surface area contributed by atoms with Crippen LogP contribution in [-0.4, -0.2) is 64.0 Å². The first-order chi connectivity index (χ1) is 24.4. The third-order valence-corrected chi connectivity index (χ3v) is 9.09. The summed E-state index contributed by atoms with van der Waals surface area (Å²) in [5.74, 6) is 0.00428. The number of fused-ring (bicyclic) bond motifs is 1. The molecule has 6 rings (SSSR count). The van der Waals surface area contributed by atoms with E-state index in [1.54, 1.807) is 24.3 Å². The number of aryl methyl sites for hydroxylation is 2. The van der Waals surface area contributed by atoms with Crippen LogP contribution in [0.1, 0.15) is 54.9 Å². The minimum atomic E-state index is -1.05. The van der Waals surface area contributed by atoms with Gasteiger partial charge in [-0.15, -0.1) is 0 Å². The molecule has 0 spiro atoms. The van der Waals surface area contributed by atoms with Crippen molar-refractivity contribution in [1.82, 2.24) is 15.2 Å². The molecule has 1 aromatic heterocycles. The molecular weight excluding hydrogens is 628 g/mol. The highest BCUT2D eigenvalue weighted by Crippen LogP contribution is 2.29. The van der Waals surface area contributed by atoms with Crippen molar-refractivity contribution in [3.8, 4) is 16.9 Å². The monoisotopic (exact) mass is 676 g/mol. The number of aromatic amines is 1. The standard InChI is InChI=1S/C28H37N3O3.C13H11NO2/c32-25-14-12-23(24-13-15-27(34)30-28(24)25)26(33)20-29-16-4-6-21-8-10-22(11-9-21)7-5-19-31-17-2-1-3-18-31;15-13(16)14-12-9-5-4-8-11(12)10-6-2-1-3-7-10/h8-15,26,29,32-33H,1-7,16-20H2,(H,30,34);1-9,14H,(H,15,16)/t26-;/m0./s1. The van der Waals surface area contributed by atoms with E-state index in [2.05, 4.69) is 44.8 Å². The van der Waals surface area contributed by atoms with Crippen molar-refractivity contribution in [2.45, 2.75) is 51.0 Å². The van der Waals surface area contributed by atoms with E-state index in [1.165, 1.54) is 68.6 Å². The summed E-state index contributed by atoms with van der Waals surface area (Å²) in [7, 11) is 0. The second-order valence-corrected chi connectivity index (χ2v) is 12.8. The lowest BCUT2D eigenvalue weighted by molar-refractivity contribution is 0.176. The number of benzene rings is 4. The predicted molar refractivity (Wildman–Crippen MR) is 201 cm³/mol. The van der Waals surface area contributed by atoms with Crippen molar-refractivity contribution in [2.75, 3.05) is 38.0 Å². The number of anilines is 1. The number of phenols is 1. The number of H-pyrrole nitrogens is 1. The molecule has 262 valence electrons. The van der Waals surface area contributed by atoms with Gasteiger partial charge in [0.25, 0.3) is 0 Å². The Hall–Kier alpha value is -4.96. The van der Waals surface area contributed by atoms with Gasteiger partial charge in [0.1, 0.15) is 5.75 Å². The Morgan fingerprint density at radius 3 is 2.20 bits per heavy atom. The molecule has 50 heavy (non-hydrogen) atoms. The third-order valence-electron chi connectivity index (χ3n) is 9.09. The lowest BCUT2D eigenvalue weighted by Crippen LogP contribution is -2.30. The topological polar surface area (TPSA) is 138 Å². The molecule has 0 bridgehead atoms. The normalized spacial score (nSPS) is 13.7. The van der Waals surface area contributed by atoms with Crippen LogP contribution < -0.4 is 16.2 Å². The fourth-order valence-corrected chi connectivity index (χ4v) is 6.45. The highest BCUT2D eigenvalue weighted by molar-refractivity contribution is 5.90. The van der Waals surface area contributed by atoms with E-state index >= 15 is 0 Å². The number of aliphatic hydroxyl groups excluding tert-OH is 1. The van der Waals surface area contributed by atoms with Crippen LogP contribution in [-0.2, 0) is 12.8 Å². The smallest absolute Gasteiger partial charge is 0.409 e. The maximum absolute atomic E-state index is 11.6. The number of para-hydroxylation sites is 1. The summed E-state index contributed by atoms with van der Waals surface area (Å²) in [5, 5.41) is 35.7. The molecule has 2 heterocycles. The van der Waals surface area contributed by atoms with Gasteiger partial charge in [-0.1, -0.05) is 85.3 Å². The number of likely N-dealkylation sites (tertiary alicyclic amines) is 1. The number of pyridine rings is 1. The average molecular weight is 677 g/mol. The van der Waals surface area contributed by atoms with Gasteiger partial charge in [0.2, 0.25) is 5.56 Å². The number of aliphatic hydroxyl groups is 1. The van der Waals surface area contributed by atoms with Crippen LogP contribution >= 0.6 is 0 Å². The van der Waals surface area contributed by atoms with Gasteiger partial charge in [0.15, 0.2) is 0 Å². The number of aromatic nitrogens is 1. The first-order valence-corrected chi connectivity index (χ1v) is 17.6. The molecule has 1 amide bonds. The number of aromatic hydroxyl groups is 1. The lowest BCUT2D eigenvalue weighted by atomic mass is 10.0. The second kappa shape index (κ2) is 18.7. The zero-order chi connectivity index (χ0) is 35.1. The van der Waals surface area contributed by atoms with E-state index in [-0.39, 0.29) is 11.3 Å². The molecule has 1 aliphatic heterocycles. The van der Waals surface area contributed by atoms with Crippen molar-refractivity contribution in [2.24, 2.45) is 0 Å². The largest absolute Gasteiger partial charge is 0.506 e. The van der Waals surface area contributed by atoms with Crippen molar-refractivity contribution < 1.29 is 20.1 Å². The van der Waals surface area contributed by atoms with Gasteiger partial charge in [0.05, 0.1) is 17.3 Å². The van der Waals surface area contributed by atoms with Gasteiger partial charge in [-0.2, -0.15) is 0 Å². The molecule has 1 fully saturated rings. The number of hydrogen-bond acceptors (Lipinski definition) is 6. The SMILES string of the molecule is O=C(O)Nc1ccccc1-c1ccccc1.O=c1ccc2c([C@@H](O)CNCCCc3ccc(CCCN4CCCCC4)cc3)ccc(O)c2[nH]1. The van der Waals surface area contributed by atoms with Gasteiger partial charge in [-0.25, -0.2) is 4.79 Å². The zero-order valence-corrected chi connectivity index (χ0v) is 28.5. The van der Waals surface area contributed by atoms with Gasteiger partial charge >= 0.3 is 6.09 Å². The van der Waals surface area contributed by atoms with Gasteiger partial charge in [-0.05, 0) is 105 Å². The van der Waals surface area contributed by atoms with E-state index < -0.39 is 12.2 Å². The summed E-state index contributed by atoms with van der Waals surface area (Å²) < 4.78 is 0. The minimum absolute atomic E-state index is 0.00428. The Labute approximate surface area is 293 Å². The molecule has 0 aliphatic carbocycles. The third kappa shape index (κ3) is 10.8. The summed E-state index contributed by atoms with van der Waals surface area (Å²) in [6.45, 7) is 4.99. The van der Waals surface area contributed by atoms with Crippen LogP contribution in [0.25, 0.3) is 22.0 Å². The fourth-order valence-electron chi connectivity index (χ4n) is 6.45. The van der Waals surface area contributed by atoms with E-state index in [1.807, 2.05) is 42.5 Å². The summed E-state index contributed by atoms with van der Waals surface area (Å²) in [6.07, 6.45) is 6.71. The lowest BCUT2D eigenvalue weighted by Gasteiger charge is -2.26. The Balaban J connectivity index is 0.000000253. The number of carbonyl (C=O) groups is 1. The summed E-state index contributed by atoms with van der Waals surface area (Å²) in [5.41, 5.74) is 6.00. The molecule has 4 aromatic carbocycles. The molecular formula is C41H48N4O5. The van der Waals surface area contributed by atoms with E-state index in [0.29, 0.717) is 28.7 Å². The number of rotatable bonds is 13. The van der Waals surface area contributed by atoms with Crippen molar-refractivity contribution >= 4 is 22.7 Å². The Kier molecular flexibility index (Phi) is 13.6. The Morgan fingerprint density at radius 1 is 0.800 bits per heavy atom. The minimum Gasteiger partial charge on any atom is -0.506 e. The van der Waals surface area contributed by atoms with E-state index in [4.69, 9.17) is 5.11 Å². The fraction of sp³-hybridized carbons (Fsp3) is 0.317. The van der Waals surface area contributed by atoms with Crippen molar-refractivity contribution in [3.63, 3.8) is 0 Å². The molecule has 1 aliphatic rings. The first kappa shape index (κ1) is 36.3. The number of nitrogens with one attached hydrogen (secondary N) is 3. The molecule has 9 heteroatoms. The molecule has 5 aromatic rings. The number of amides is 1. The molecule has 1 atom stereocenters. The van der Waals surface area contributed by atoms with E-state index in [0.717, 1.165) is 36.9 Å². The first-order valence-electron chi connectivity index (χ1n) is 17.6. The van der Waals surface area contributed by atoms with Crippen LogP contribution in [0.3, 0.4) is 0 Å². The van der Waals surface area contributed by atoms with Crippen LogP contribution in [0.2, 0.25) is 0 Å². The molecule has 0 saturated carbocycles. The number of hydrogen-bond donors (Lipinski definition) is 6. The number of phenolic OH excluding ortho intramolecular Hbond substituents is 1. The van der Waals surface area contributed by atoms with Gasteiger partial charge < -0.3 is 30.5 Å². The van der Waals surface area contributed by atoms with Crippen molar-refractivity contribution in [1.29, 1.82) is 0 Å². The number of carboxylic acid groups (broad SMARTS) is 1. The maximum Gasteiger partial charge on any atom is 0.409 e. The molecule has 6 N–H and O–H groups in total. The Morgan fingerprint density at radius 2 is 1.48 bits per heavy atom. The van der Waals surface area contributed by atoms with Gasteiger partial charge in [-0.3, -0.25) is 10.1 Å². The van der Waals surface area contributed by atoms with Gasteiger partial charge in [0, 0.05) is 23.6 Å². The van der Waals surface area contributed by atoms with Crippen LogP contribution in [0, 0.1) is 0 Å². The molecule has 0 radical (unpaired) electrons. The average Bonchev–Trinajstić information content (AvgIpc) is 3.13. The highest BCUT2D eigenvalue weighted by Gasteiger charge is 2.14. The molecule has 0 unspecified atom stereocenters. The van der Waals surface area contributed by atoms with Crippen LogP contribution in [0.15, 0.2) is 108 Å². The highest BCUT2D eigenvalue weighted by atomic mass is 16.4. The van der Waals surface area contributed by atoms with Crippen LogP contribution in [0.5, 0.6) is 5.75 Å². The number of piperidine rings is 1. The van der Waals surface area contributed by atoms with E-state index in [9.17, 15) is 19.8 Å². The maximum atomic E-state index is 11.6.